The second kappa shape index (κ2) is 8.15. The van der Waals surface area contributed by atoms with Gasteiger partial charge in [0.05, 0.1) is 0 Å². The molecule has 1 aromatic rings. The van der Waals surface area contributed by atoms with Gasteiger partial charge in [0.25, 0.3) is 0 Å². The van der Waals surface area contributed by atoms with Crippen molar-refractivity contribution in [1.82, 2.24) is 0 Å². The number of rotatable bonds is 5. The summed E-state index contributed by atoms with van der Waals surface area (Å²) in [6, 6.07) is 8.89. The summed E-state index contributed by atoms with van der Waals surface area (Å²) in [5, 5.41) is 0. The standard InChI is InChI=1S/C23H30/c1-6-11-19(12-7-2)23-21(13-8-3)18(5)17(4)16-20-14-9-10-15-22(20)23/h8-10,13-15H,4,6-7,11-12,16H2,1-3,5H3/b13-8-. The molecule has 0 aromatic heterocycles. The van der Waals surface area contributed by atoms with Crippen LogP contribution in [-0.4, -0.2) is 0 Å². The van der Waals surface area contributed by atoms with Crippen molar-refractivity contribution in [2.45, 2.75) is 59.8 Å². The third kappa shape index (κ3) is 3.75. The predicted molar refractivity (Wildman–Crippen MR) is 104 cm³/mol. The van der Waals surface area contributed by atoms with E-state index in [2.05, 4.69) is 70.7 Å². The molecule has 122 valence electrons. The topological polar surface area (TPSA) is 0 Å². The zero-order valence-electron chi connectivity index (χ0n) is 15.2. The quantitative estimate of drug-likeness (QED) is 0.547. The van der Waals surface area contributed by atoms with Crippen molar-refractivity contribution >= 4 is 5.57 Å². The highest BCUT2D eigenvalue weighted by atomic mass is 14.3. The number of allylic oxidation sites excluding steroid dienone is 7. The van der Waals surface area contributed by atoms with Crippen LogP contribution in [0.3, 0.4) is 0 Å². The van der Waals surface area contributed by atoms with Crippen LogP contribution in [0.1, 0.15) is 64.5 Å². The highest BCUT2D eigenvalue weighted by Crippen LogP contribution is 2.40. The van der Waals surface area contributed by atoms with Crippen molar-refractivity contribution in [1.29, 1.82) is 0 Å². The first kappa shape index (κ1) is 17.5. The molecule has 0 heteroatoms. The van der Waals surface area contributed by atoms with Gasteiger partial charge < -0.3 is 0 Å². The van der Waals surface area contributed by atoms with Gasteiger partial charge in [0.2, 0.25) is 0 Å². The SMILES string of the molecule is C=C1Cc2ccccc2C(=C(CCC)CCC)C(/C=C\C)=C1C. The summed E-state index contributed by atoms with van der Waals surface area (Å²) in [6.45, 7) is 13.3. The number of hydrogen-bond donors (Lipinski definition) is 0. The third-order valence-electron chi connectivity index (χ3n) is 4.68. The van der Waals surface area contributed by atoms with E-state index in [1.54, 1.807) is 5.57 Å². The van der Waals surface area contributed by atoms with E-state index in [1.807, 2.05) is 0 Å². The summed E-state index contributed by atoms with van der Waals surface area (Å²) in [6.07, 6.45) is 10.2. The second-order valence-electron chi connectivity index (χ2n) is 6.45. The minimum absolute atomic E-state index is 0.956. The molecule has 0 aliphatic heterocycles. The van der Waals surface area contributed by atoms with Crippen molar-refractivity contribution in [2.75, 3.05) is 0 Å². The summed E-state index contributed by atoms with van der Waals surface area (Å²) in [4.78, 5) is 0. The monoisotopic (exact) mass is 306 g/mol. The molecule has 0 amide bonds. The van der Waals surface area contributed by atoms with Gasteiger partial charge in [-0.05, 0) is 66.5 Å². The maximum absolute atomic E-state index is 4.36. The van der Waals surface area contributed by atoms with Crippen LogP contribution >= 0.6 is 0 Å². The molecule has 0 spiro atoms. The molecular weight excluding hydrogens is 276 g/mol. The lowest BCUT2D eigenvalue weighted by Gasteiger charge is -2.18. The van der Waals surface area contributed by atoms with E-state index in [-0.39, 0.29) is 0 Å². The highest BCUT2D eigenvalue weighted by Gasteiger charge is 2.21. The minimum Gasteiger partial charge on any atom is -0.0952 e. The van der Waals surface area contributed by atoms with Crippen molar-refractivity contribution in [3.63, 3.8) is 0 Å². The van der Waals surface area contributed by atoms with Gasteiger partial charge >= 0.3 is 0 Å². The van der Waals surface area contributed by atoms with Crippen LogP contribution in [0.4, 0.5) is 0 Å². The first-order valence-electron chi connectivity index (χ1n) is 8.96. The first-order valence-corrected chi connectivity index (χ1v) is 8.96. The molecule has 23 heavy (non-hydrogen) atoms. The van der Waals surface area contributed by atoms with Gasteiger partial charge in [-0.3, -0.25) is 0 Å². The maximum Gasteiger partial charge on any atom is -0.00226 e. The molecule has 0 bridgehead atoms. The van der Waals surface area contributed by atoms with Crippen LogP contribution in [0.15, 0.2) is 65.3 Å². The highest BCUT2D eigenvalue weighted by molar-refractivity contribution is 5.88. The Bertz CT molecular complexity index is 657. The Kier molecular flexibility index (Phi) is 6.21. The van der Waals surface area contributed by atoms with Crippen LogP contribution in [0.2, 0.25) is 0 Å². The zero-order valence-corrected chi connectivity index (χ0v) is 15.2. The summed E-state index contributed by atoms with van der Waals surface area (Å²) < 4.78 is 0. The fraction of sp³-hybridized carbons (Fsp3) is 0.391. The third-order valence-corrected chi connectivity index (χ3v) is 4.68. The van der Waals surface area contributed by atoms with Crippen LogP contribution in [-0.2, 0) is 6.42 Å². The Morgan fingerprint density at radius 1 is 1.13 bits per heavy atom. The Morgan fingerprint density at radius 2 is 1.78 bits per heavy atom. The normalized spacial score (nSPS) is 15.1. The predicted octanol–water partition coefficient (Wildman–Crippen LogP) is 7.05. The number of benzene rings is 1. The molecule has 0 radical (unpaired) electrons. The van der Waals surface area contributed by atoms with Crippen LogP contribution in [0.25, 0.3) is 5.57 Å². The molecule has 0 atom stereocenters. The number of hydrogen-bond acceptors (Lipinski definition) is 0. The van der Waals surface area contributed by atoms with Gasteiger partial charge in [-0.1, -0.05) is 75.3 Å². The van der Waals surface area contributed by atoms with Gasteiger partial charge in [0.1, 0.15) is 0 Å². The van der Waals surface area contributed by atoms with Gasteiger partial charge in [0.15, 0.2) is 0 Å². The van der Waals surface area contributed by atoms with Crippen LogP contribution in [0.5, 0.6) is 0 Å². The average Bonchev–Trinajstić information content (AvgIpc) is 2.64. The van der Waals surface area contributed by atoms with E-state index in [0.717, 1.165) is 6.42 Å². The zero-order chi connectivity index (χ0) is 16.8. The van der Waals surface area contributed by atoms with Gasteiger partial charge in [-0.2, -0.15) is 0 Å². The van der Waals surface area contributed by atoms with E-state index in [9.17, 15) is 0 Å². The molecule has 0 fully saturated rings. The molecule has 0 heterocycles. The summed E-state index contributed by atoms with van der Waals surface area (Å²) in [5.74, 6) is 0. The van der Waals surface area contributed by atoms with E-state index in [0.29, 0.717) is 0 Å². The van der Waals surface area contributed by atoms with Gasteiger partial charge in [-0.15, -0.1) is 0 Å². The molecule has 1 aromatic carbocycles. The Balaban J connectivity index is 2.82. The smallest absolute Gasteiger partial charge is 0.00226 e. The molecule has 0 unspecified atom stereocenters. The molecule has 0 saturated heterocycles. The molecule has 0 N–H and O–H groups in total. The molecule has 0 saturated carbocycles. The van der Waals surface area contributed by atoms with Crippen LogP contribution in [0, 0.1) is 0 Å². The lowest BCUT2D eigenvalue weighted by Crippen LogP contribution is -1.98. The lowest BCUT2D eigenvalue weighted by molar-refractivity contribution is 0.806. The fourth-order valence-electron chi connectivity index (χ4n) is 3.54. The average molecular weight is 306 g/mol. The number of fused-ring (bicyclic) bond motifs is 1. The van der Waals surface area contributed by atoms with Crippen molar-refractivity contribution in [3.8, 4) is 0 Å². The van der Waals surface area contributed by atoms with E-state index >= 15 is 0 Å². The first-order chi connectivity index (χ1) is 11.1. The van der Waals surface area contributed by atoms with E-state index in [4.69, 9.17) is 0 Å². The summed E-state index contributed by atoms with van der Waals surface area (Å²) >= 11 is 0. The molecule has 1 aliphatic carbocycles. The molecule has 1 aliphatic rings. The molecule has 2 rings (SSSR count). The largest absolute Gasteiger partial charge is 0.0952 e. The fourth-order valence-corrected chi connectivity index (χ4v) is 3.54. The van der Waals surface area contributed by atoms with Gasteiger partial charge in [0, 0.05) is 0 Å². The Labute approximate surface area is 142 Å². The Hall–Kier alpha value is -1.82. The van der Waals surface area contributed by atoms with Crippen molar-refractivity contribution < 1.29 is 0 Å². The summed E-state index contributed by atoms with van der Waals surface area (Å²) in [5.41, 5.74) is 9.86. The van der Waals surface area contributed by atoms with Gasteiger partial charge in [-0.25, -0.2) is 0 Å². The van der Waals surface area contributed by atoms with Crippen molar-refractivity contribution in [3.05, 3.63) is 76.4 Å². The molecule has 0 nitrogen and oxygen atoms in total. The second-order valence-corrected chi connectivity index (χ2v) is 6.45. The lowest BCUT2D eigenvalue weighted by atomic mass is 9.86. The molecular formula is C23H30. The minimum atomic E-state index is 0.956. The Morgan fingerprint density at radius 3 is 2.39 bits per heavy atom. The van der Waals surface area contributed by atoms with Crippen LogP contribution < -0.4 is 0 Å². The maximum atomic E-state index is 4.36. The van der Waals surface area contributed by atoms with E-state index in [1.165, 1.54) is 59.1 Å². The van der Waals surface area contributed by atoms with Crippen molar-refractivity contribution in [2.24, 2.45) is 0 Å². The van der Waals surface area contributed by atoms with E-state index < -0.39 is 0 Å². The summed E-state index contributed by atoms with van der Waals surface area (Å²) in [7, 11) is 0.